The minimum absolute atomic E-state index is 0.105. The molecular formula is C16H25N3OS. The molecule has 0 unspecified atom stereocenters. The summed E-state index contributed by atoms with van der Waals surface area (Å²) in [5.41, 5.74) is 8.32. The van der Waals surface area contributed by atoms with Gasteiger partial charge in [-0.1, -0.05) is 0 Å². The summed E-state index contributed by atoms with van der Waals surface area (Å²) in [6.07, 6.45) is 4.81. The Morgan fingerprint density at radius 1 is 1.24 bits per heavy atom. The second-order valence-corrected chi connectivity index (χ2v) is 7.58. The highest BCUT2D eigenvalue weighted by Gasteiger charge is 2.35. The molecule has 2 fully saturated rings. The quantitative estimate of drug-likeness (QED) is 0.869. The summed E-state index contributed by atoms with van der Waals surface area (Å²) in [5.74, 6) is 0.699. The van der Waals surface area contributed by atoms with Crippen molar-refractivity contribution in [1.82, 2.24) is 4.90 Å². The Hall–Kier alpha value is -1.07. The van der Waals surface area contributed by atoms with Gasteiger partial charge in [-0.15, -0.1) is 11.3 Å². The molecule has 1 aromatic rings. The number of Topliss-reactive ketones (excluding diaryl/α,β-unsaturated/α-hetero) is 1. The van der Waals surface area contributed by atoms with E-state index in [9.17, 15) is 4.79 Å². The Labute approximate surface area is 130 Å². The summed E-state index contributed by atoms with van der Waals surface area (Å²) in [4.78, 5) is 17.4. The third kappa shape index (κ3) is 2.81. The van der Waals surface area contributed by atoms with Crippen molar-refractivity contribution in [2.24, 2.45) is 0 Å². The van der Waals surface area contributed by atoms with Crippen molar-refractivity contribution in [1.29, 1.82) is 0 Å². The van der Waals surface area contributed by atoms with Crippen LogP contribution in [0.3, 0.4) is 0 Å². The van der Waals surface area contributed by atoms with Gasteiger partial charge in [-0.05, 0) is 45.7 Å². The normalized spacial score (nSPS) is 20.3. The predicted octanol–water partition coefficient (Wildman–Crippen LogP) is 2.94. The summed E-state index contributed by atoms with van der Waals surface area (Å²) < 4.78 is 0. The zero-order valence-corrected chi connectivity index (χ0v) is 14.0. The maximum Gasteiger partial charge on any atom is 0.171 e. The van der Waals surface area contributed by atoms with Crippen LogP contribution in [-0.4, -0.2) is 43.9 Å². The zero-order chi connectivity index (χ0) is 15.1. The lowest BCUT2D eigenvalue weighted by atomic mass is 10.0. The number of carbonyl (C=O) groups is 1. The molecule has 0 atom stereocenters. The maximum atomic E-state index is 11.8. The van der Waals surface area contributed by atoms with Crippen LogP contribution in [0, 0.1) is 0 Å². The van der Waals surface area contributed by atoms with E-state index in [1.54, 1.807) is 18.3 Å². The first kappa shape index (κ1) is 14.9. The van der Waals surface area contributed by atoms with E-state index < -0.39 is 0 Å². The molecule has 2 N–H and O–H groups in total. The molecule has 0 amide bonds. The van der Waals surface area contributed by atoms with E-state index in [2.05, 4.69) is 23.9 Å². The molecule has 1 aliphatic carbocycles. The van der Waals surface area contributed by atoms with Gasteiger partial charge in [0.05, 0.1) is 15.6 Å². The van der Waals surface area contributed by atoms with Gasteiger partial charge >= 0.3 is 0 Å². The number of nitrogen functional groups attached to an aromatic ring is 1. The molecule has 0 bridgehead atoms. The number of piperidine rings is 1. The first-order valence-electron chi connectivity index (χ1n) is 7.83. The van der Waals surface area contributed by atoms with Crippen molar-refractivity contribution >= 4 is 27.8 Å². The number of nitrogens with zero attached hydrogens (tertiary/aromatic N) is 2. The third-order valence-corrected chi connectivity index (χ3v) is 6.13. The van der Waals surface area contributed by atoms with Crippen molar-refractivity contribution in [2.45, 2.75) is 44.6 Å². The van der Waals surface area contributed by atoms with Crippen LogP contribution >= 0.6 is 11.3 Å². The highest BCUT2D eigenvalue weighted by atomic mass is 32.1. The van der Waals surface area contributed by atoms with E-state index in [1.807, 2.05) is 0 Å². The van der Waals surface area contributed by atoms with Gasteiger partial charge in [0.2, 0.25) is 0 Å². The molecule has 1 aliphatic heterocycles. The Bertz CT molecular complexity index is 540. The number of hydrogen-bond acceptors (Lipinski definition) is 5. The molecule has 2 aliphatic rings. The lowest BCUT2D eigenvalue weighted by Crippen LogP contribution is -2.41. The summed E-state index contributed by atoms with van der Waals surface area (Å²) in [7, 11) is 4.32. The lowest BCUT2D eigenvalue weighted by molar-refractivity contribution is 0.102. The molecule has 3 rings (SSSR count). The second kappa shape index (κ2) is 5.61. The average molecular weight is 307 g/mol. The van der Waals surface area contributed by atoms with E-state index in [1.165, 1.54) is 36.2 Å². The van der Waals surface area contributed by atoms with Gasteiger partial charge in [-0.25, -0.2) is 0 Å². The van der Waals surface area contributed by atoms with E-state index in [0.717, 1.165) is 23.7 Å². The SMILES string of the molecule is CC(=O)c1sc(N2CCC(N(C)C)CC2)c(C2CC2)c1N. The first-order valence-corrected chi connectivity index (χ1v) is 8.65. The Morgan fingerprint density at radius 3 is 2.33 bits per heavy atom. The highest BCUT2D eigenvalue weighted by molar-refractivity contribution is 7.18. The lowest BCUT2D eigenvalue weighted by Gasteiger charge is -2.36. The van der Waals surface area contributed by atoms with Crippen LogP contribution < -0.4 is 10.6 Å². The Balaban J connectivity index is 1.85. The van der Waals surface area contributed by atoms with Gasteiger partial charge in [0, 0.05) is 31.6 Å². The van der Waals surface area contributed by atoms with Crippen LogP contribution in [0.2, 0.25) is 0 Å². The van der Waals surface area contributed by atoms with Gasteiger partial charge in [0.25, 0.3) is 0 Å². The summed E-state index contributed by atoms with van der Waals surface area (Å²) in [5, 5.41) is 1.28. The number of ketones is 1. The van der Waals surface area contributed by atoms with Crippen LogP contribution in [0.15, 0.2) is 0 Å². The molecule has 5 heteroatoms. The Morgan fingerprint density at radius 2 is 1.86 bits per heavy atom. The van der Waals surface area contributed by atoms with Crippen LogP contribution in [0.1, 0.15) is 53.8 Å². The number of thiophene rings is 1. The van der Waals surface area contributed by atoms with Crippen LogP contribution in [0.4, 0.5) is 10.7 Å². The predicted molar refractivity (Wildman–Crippen MR) is 89.6 cm³/mol. The fourth-order valence-corrected chi connectivity index (χ4v) is 4.55. The number of nitrogens with two attached hydrogens (primary N) is 1. The van der Waals surface area contributed by atoms with Gasteiger partial charge < -0.3 is 15.5 Å². The van der Waals surface area contributed by atoms with Crippen molar-refractivity contribution in [2.75, 3.05) is 37.8 Å². The van der Waals surface area contributed by atoms with Crippen molar-refractivity contribution in [3.63, 3.8) is 0 Å². The molecule has 0 aromatic carbocycles. The standard InChI is InChI=1S/C16H25N3OS/c1-10(20)15-14(17)13(11-4-5-11)16(21-15)19-8-6-12(7-9-19)18(2)3/h11-12H,4-9,17H2,1-3H3. The molecule has 1 saturated heterocycles. The first-order chi connectivity index (χ1) is 9.99. The van der Waals surface area contributed by atoms with Gasteiger partial charge in [0.15, 0.2) is 5.78 Å². The summed E-state index contributed by atoms with van der Waals surface area (Å²) in [6, 6.07) is 0.676. The number of anilines is 2. The molecule has 116 valence electrons. The van der Waals surface area contributed by atoms with Crippen molar-refractivity contribution in [3.8, 4) is 0 Å². The molecule has 1 aromatic heterocycles. The minimum Gasteiger partial charge on any atom is -0.397 e. The number of rotatable bonds is 4. The topological polar surface area (TPSA) is 49.6 Å². The summed E-state index contributed by atoms with van der Waals surface area (Å²) in [6.45, 7) is 3.76. The monoisotopic (exact) mass is 307 g/mol. The van der Waals surface area contributed by atoms with Gasteiger partial charge in [0.1, 0.15) is 0 Å². The molecule has 1 saturated carbocycles. The van der Waals surface area contributed by atoms with E-state index >= 15 is 0 Å². The molecule has 0 radical (unpaired) electrons. The zero-order valence-electron chi connectivity index (χ0n) is 13.2. The molecule has 4 nitrogen and oxygen atoms in total. The van der Waals surface area contributed by atoms with Gasteiger partial charge in [-0.3, -0.25) is 4.79 Å². The van der Waals surface area contributed by atoms with E-state index in [4.69, 9.17) is 5.73 Å². The fraction of sp³-hybridized carbons (Fsp3) is 0.688. The molecular weight excluding hydrogens is 282 g/mol. The number of carbonyl (C=O) groups excluding carboxylic acids is 1. The van der Waals surface area contributed by atoms with Crippen LogP contribution in [-0.2, 0) is 0 Å². The maximum absolute atomic E-state index is 11.8. The highest BCUT2D eigenvalue weighted by Crippen LogP contribution is 2.52. The molecule has 2 heterocycles. The fourth-order valence-electron chi connectivity index (χ4n) is 3.29. The van der Waals surface area contributed by atoms with E-state index in [0.29, 0.717) is 12.0 Å². The Kier molecular flexibility index (Phi) is 3.97. The smallest absolute Gasteiger partial charge is 0.171 e. The second-order valence-electron chi connectivity index (χ2n) is 6.58. The molecule has 21 heavy (non-hydrogen) atoms. The van der Waals surface area contributed by atoms with Gasteiger partial charge in [-0.2, -0.15) is 0 Å². The van der Waals surface area contributed by atoms with E-state index in [-0.39, 0.29) is 5.78 Å². The van der Waals surface area contributed by atoms with Crippen LogP contribution in [0.5, 0.6) is 0 Å². The average Bonchev–Trinajstić information content (AvgIpc) is 3.22. The van der Waals surface area contributed by atoms with Crippen molar-refractivity contribution < 1.29 is 4.79 Å². The largest absolute Gasteiger partial charge is 0.397 e. The third-order valence-electron chi connectivity index (χ3n) is 4.75. The minimum atomic E-state index is 0.105. The molecule has 0 spiro atoms. The number of hydrogen-bond donors (Lipinski definition) is 1. The summed E-state index contributed by atoms with van der Waals surface area (Å²) >= 11 is 1.62. The van der Waals surface area contributed by atoms with Crippen LogP contribution in [0.25, 0.3) is 0 Å². The van der Waals surface area contributed by atoms with Crippen molar-refractivity contribution in [3.05, 3.63) is 10.4 Å².